The summed E-state index contributed by atoms with van der Waals surface area (Å²) < 4.78 is 33.2. The second-order valence-electron chi connectivity index (χ2n) is 6.58. The van der Waals surface area contributed by atoms with Crippen molar-refractivity contribution in [1.82, 2.24) is 4.90 Å². The Kier molecular flexibility index (Phi) is 3.72. The van der Waals surface area contributed by atoms with Gasteiger partial charge in [0.05, 0.1) is 18.8 Å². The first-order chi connectivity index (χ1) is 9.52. The smallest absolute Gasteiger partial charge is 0.410 e. The second-order valence-corrected chi connectivity index (χ2v) is 9.04. The van der Waals surface area contributed by atoms with E-state index in [1.807, 2.05) is 0 Å². The Morgan fingerprint density at radius 1 is 1.24 bits per heavy atom. The van der Waals surface area contributed by atoms with Gasteiger partial charge in [-0.05, 0) is 27.2 Å². The molecule has 2 aliphatic rings. The van der Waals surface area contributed by atoms with Gasteiger partial charge in [0, 0.05) is 13.1 Å². The molecule has 0 saturated carbocycles. The van der Waals surface area contributed by atoms with E-state index in [2.05, 4.69) is 0 Å². The summed E-state index contributed by atoms with van der Waals surface area (Å²) in [5, 5.41) is 0. The van der Waals surface area contributed by atoms with Gasteiger partial charge in [0.2, 0.25) is 0 Å². The van der Waals surface area contributed by atoms with Gasteiger partial charge in [-0.2, -0.15) is 0 Å². The van der Waals surface area contributed by atoms with E-state index in [4.69, 9.17) is 9.47 Å². The Balaban J connectivity index is 2.14. The molecule has 2 fully saturated rings. The van der Waals surface area contributed by atoms with Crippen LogP contribution in [-0.2, 0) is 24.1 Å². The first-order valence-electron chi connectivity index (χ1n) is 6.80. The summed E-state index contributed by atoms with van der Waals surface area (Å²) in [6.07, 6.45) is -0.309. The molecule has 8 heteroatoms. The molecule has 7 nitrogen and oxygen atoms in total. The summed E-state index contributed by atoms with van der Waals surface area (Å²) >= 11 is 0. The molecule has 21 heavy (non-hydrogen) atoms. The monoisotopic (exact) mass is 319 g/mol. The SMILES string of the molecule is COC(=O)[C@@H]1CCS(=O)(=O)C12CN(C(=O)OC(C)(C)C)C2. The highest BCUT2D eigenvalue weighted by molar-refractivity contribution is 7.93. The summed E-state index contributed by atoms with van der Waals surface area (Å²) in [5.41, 5.74) is -0.643. The van der Waals surface area contributed by atoms with Crippen LogP contribution in [0.3, 0.4) is 0 Å². The average Bonchev–Trinajstić information content (AvgIpc) is 2.55. The molecule has 2 heterocycles. The number of sulfone groups is 1. The second kappa shape index (κ2) is 4.86. The first kappa shape index (κ1) is 16.1. The van der Waals surface area contributed by atoms with Gasteiger partial charge in [0.15, 0.2) is 9.84 Å². The van der Waals surface area contributed by atoms with Crippen molar-refractivity contribution in [3.8, 4) is 0 Å². The van der Waals surface area contributed by atoms with Crippen molar-refractivity contribution in [1.29, 1.82) is 0 Å². The van der Waals surface area contributed by atoms with Crippen LogP contribution >= 0.6 is 0 Å². The van der Waals surface area contributed by atoms with Gasteiger partial charge < -0.3 is 14.4 Å². The molecule has 0 N–H and O–H groups in total. The van der Waals surface area contributed by atoms with Gasteiger partial charge in [-0.3, -0.25) is 4.79 Å². The molecule has 2 rings (SSSR count). The largest absolute Gasteiger partial charge is 0.469 e. The lowest BCUT2D eigenvalue weighted by atomic mass is 9.83. The fourth-order valence-corrected chi connectivity index (χ4v) is 5.21. The molecule has 0 bridgehead atoms. The maximum Gasteiger partial charge on any atom is 0.410 e. The normalized spacial score (nSPS) is 26.3. The lowest BCUT2D eigenvalue weighted by Gasteiger charge is -2.48. The van der Waals surface area contributed by atoms with Crippen LogP contribution in [0.25, 0.3) is 0 Å². The van der Waals surface area contributed by atoms with Crippen LogP contribution in [0.2, 0.25) is 0 Å². The fraction of sp³-hybridized carbons (Fsp3) is 0.846. The molecular weight excluding hydrogens is 298 g/mol. The number of hydrogen-bond acceptors (Lipinski definition) is 6. The zero-order valence-corrected chi connectivity index (χ0v) is 13.5. The van der Waals surface area contributed by atoms with E-state index in [0.29, 0.717) is 0 Å². The molecule has 1 atom stereocenters. The minimum absolute atomic E-state index is 0.00991. The third-order valence-corrected chi connectivity index (χ3v) is 6.54. The van der Waals surface area contributed by atoms with Crippen molar-refractivity contribution >= 4 is 21.9 Å². The highest BCUT2D eigenvalue weighted by atomic mass is 32.2. The Hall–Kier alpha value is -1.31. The van der Waals surface area contributed by atoms with E-state index in [0.717, 1.165) is 0 Å². The molecule has 0 aromatic rings. The Morgan fingerprint density at radius 2 is 1.81 bits per heavy atom. The summed E-state index contributed by atoms with van der Waals surface area (Å²) in [4.78, 5) is 25.0. The lowest BCUT2D eigenvalue weighted by Crippen LogP contribution is -2.69. The van der Waals surface area contributed by atoms with Crippen LogP contribution in [0, 0.1) is 5.92 Å². The minimum Gasteiger partial charge on any atom is -0.469 e. The van der Waals surface area contributed by atoms with Gasteiger partial charge >= 0.3 is 12.1 Å². The zero-order chi connectivity index (χ0) is 16.1. The number of methoxy groups -OCH3 is 1. The number of carbonyl (C=O) groups is 2. The van der Waals surface area contributed by atoms with Gasteiger partial charge in [0.1, 0.15) is 10.3 Å². The summed E-state index contributed by atoms with van der Waals surface area (Å²) in [6.45, 7) is 5.20. The quantitative estimate of drug-likeness (QED) is 0.657. The molecule has 0 aliphatic carbocycles. The van der Waals surface area contributed by atoms with E-state index in [1.165, 1.54) is 12.0 Å². The van der Waals surface area contributed by atoms with Gasteiger partial charge in [0.25, 0.3) is 0 Å². The lowest BCUT2D eigenvalue weighted by molar-refractivity contribution is -0.148. The predicted molar refractivity (Wildman–Crippen MR) is 74.4 cm³/mol. The Morgan fingerprint density at radius 3 is 2.29 bits per heavy atom. The molecule has 2 saturated heterocycles. The number of amides is 1. The highest BCUT2D eigenvalue weighted by Crippen LogP contribution is 2.45. The zero-order valence-electron chi connectivity index (χ0n) is 12.7. The van der Waals surface area contributed by atoms with Gasteiger partial charge in [-0.25, -0.2) is 13.2 Å². The number of ether oxygens (including phenoxy) is 2. The molecular formula is C13H21NO6S. The topological polar surface area (TPSA) is 90.0 Å². The minimum atomic E-state index is -3.41. The van der Waals surface area contributed by atoms with Crippen molar-refractivity contribution in [3.05, 3.63) is 0 Å². The van der Waals surface area contributed by atoms with Crippen LogP contribution in [0.4, 0.5) is 4.79 Å². The third-order valence-electron chi connectivity index (χ3n) is 3.98. The maximum atomic E-state index is 12.3. The molecule has 0 aromatic heterocycles. The summed E-state index contributed by atoms with van der Waals surface area (Å²) in [7, 11) is -2.17. The first-order valence-corrected chi connectivity index (χ1v) is 8.46. The fourth-order valence-electron chi connectivity index (χ4n) is 2.90. The van der Waals surface area contributed by atoms with E-state index in [-0.39, 0.29) is 25.3 Å². The van der Waals surface area contributed by atoms with Crippen molar-refractivity contribution in [2.24, 2.45) is 5.92 Å². The number of esters is 1. The van der Waals surface area contributed by atoms with Crippen LogP contribution < -0.4 is 0 Å². The maximum absolute atomic E-state index is 12.3. The Bertz CT molecular complexity index is 556. The van der Waals surface area contributed by atoms with Gasteiger partial charge in [-0.15, -0.1) is 0 Å². The summed E-state index contributed by atoms with van der Waals surface area (Å²) in [5.74, 6) is -1.28. The molecule has 2 aliphatic heterocycles. The number of rotatable bonds is 1. The number of likely N-dealkylation sites (tertiary alicyclic amines) is 1. The van der Waals surface area contributed by atoms with E-state index < -0.39 is 38.2 Å². The van der Waals surface area contributed by atoms with Crippen LogP contribution in [0.1, 0.15) is 27.2 Å². The standard InChI is InChI=1S/C13H21NO6S/c1-12(2,3)20-11(16)14-7-13(8-14)9(10(15)19-4)5-6-21(13,17)18/h9H,5-8H2,1-4H3/t9-/m0/s1. The predicted octanol–water partition coefficient (Wildman–Crippen LogP) is 0.584. The molecule has 120 valence electrons. The van der Waals surface area contributed by atoms with Crippen molar-refractivity contribution in [3.63, 3.8) is 0 Å². The molecule has 0 unspecified atom stereocenters. The van der Waals surface area contributed by atoms with E-state index in [1.54, 1.807) is 20.8 Å². The van der Waals surface area contributed by atoms with Crippen molar-refractivity contribution < 1.29 is 27.5 Å². The number of nitrogens with zero attached hydrogens (tertiary/aromatic N) is 1. The molecule has 0 aromatic carbocycles. The summed E-state index contributed by atoms with van der Waals surface area (Å²) in [6, 6.07) is 0. The van der Waals surface area contributed by atoms with Crippen molar-refractivity contribution in [2.45, 2.75) is 37.5 Å². The van der Waals surface area contributed by atoms with Gasteiger partial charge in [-0.1, -0.05) is 0 Å². The molecule has 1 spiro atoms. The van der Waals surface area contributed by atoms with Crippen LogP contribution in [0.5, 0.6) is 0 Å². The highest BCUT2D eigenvalue weighted by Gasteiger charge is 2.65. The van der Waals surface area contributed by atoms with E-state index in [9.17, 15) is 18.0 Å². The number of hydrogen-bond donors (Lipinski definition) is 0. The van der Waals surface area contributed by atoms with E-state index >= 15 is 0 Å². The van der Waals surface area contributed by atoms with Crippen LogP contribution in [-0.4, -0.2) is 61.7 Å². The Labute approximate surface area is 124 Å². The number of carbonyl (C=O) groups excluding carboxylic acids is 2. The molecule has 1 amide bonds. The third kappa shape index (κ3) is 2.61. The average molecular weight is 319 g/mol. The van der Waals surface area contributed by atoms with Crippen LogP contribution in [0.15, 0.2) is 0 Å². The molecule has 0 radical (unpaired) electrons. The van der Waals surface area contributed by atoms with Crippen molar-refractivity contribution in [2.75, 3.05) is 26.0 Å².